The van der Waals surface area contributed by atoms with E-state index in [-0.39, 0.29) is 12.2 Å². The molecular weight excluding hydrogens is 919 g/mol. The van der Waals surface area contributed by atoms with E-state index in [1.165, 1.54) is 6.92 Å². The molecule has 0 bridgehead atoms. The van der Waals surface area contributed by atoms with Gasteiger partial charge in [0.25, 0.3) is 0 Å². The van der Waals surface area contributed by atoms with E-state index in [1.807, 2.05) is 0 Å². The van der Waals surface area contributed by atoms with Crippen molar-refractivity contribution in [3.05, 3.63) is 36.0 Å². The van der Waals surface area contributed by atoms with Crippen LogP contribution >= 0.6 is 12.6 Å². The molecule has 9 amide bonds. The molecule has 384 valence electrons. The Morgan fingerprint density at radius 1 is 0.638 bits per heavy atom. The van der Waals surface area contributed by atoms with Gasteiger partial charge in [0.2, 0.25) is 53.2 Å². The summed E-state index contributed by atoms with van der Waals surface area (Å²) in [7, 11) is 0. The van der Waals surface area contributed by atoms with Crippen LogP contribution in [0.1, 0.15) is 80.7 Å². The molecule has 0 saturated carbocycles. The number of carbonyl (C=O) groups is 10. The zero-order chi connectivity index (χ0) is 52.4. The number of primary amides is 1. The van der Waals surface area contributed by atoms with Gasteiger partial charge in [-0.1, -0.05) is 80.0 Å². The van der Waals surface area contributed by atoms with E-state index >= 15 is 0 Å². The van der Waals surface area contributed by atoms with Crippen molar-refractivity contribution in [2.24, 2.45) is 35.1 Å². The van der Waals surface area contributed by atoms with Gasteiger partial charge in [-0.15, -0.1) is 0 Å². The lowest BCUT2D eigenvalue weighted by Crippen LogP contribution is -2.62. The molecule has 0 aliphatic rings. The number of carbonyl (C=O) groups excluding carboxylic acids is 9. The maximum atomic E-state index is 14.1. The van der Waals surface area contributed by atoms with Gasteiger partial charge in [0.15, 0.2) is 0 Å². The molecule has 2 aromatic rings. The first kappa shape index (κ1) is 58.9. The Hall–Kier alpha value is -6.27. The highest BCUT2D eigenvalue weighted by molar-refractivity contribution is 7.80. The fraction of sp³-hybridized carbons (Fsp3) is 0.600. The second kappa shape index (κ2) is 27.7. The first-order valence-corrected chi connectivity index (χ1v) is 23.4. The summed E-state index contributed by atoms with van der Waals surface area (Å²) >= 11 is 4.00. The van der Waals surface area contributed by atoms with E-state index in [2.05, 4.69) is 60.1 Å². The molecule has 0 radical (unpaired) electrons. The van der Waals surface area contributed by atoms with Crippen LogP contribution in [0.4, 0.5) is 0 Å². The Bertz CT molecular complexity index is 2150. The minimum Gasteiger partial charge on any atom is -0.480 e. The van der Waals surface area contributed by atoms with Gasteiger partial charge in [-0.3, -0.25) is 43.2 Å². The summed E-state index contributed by atoms with van der Waals surface area (Å²) < 4.78 is 0. The van der Waals surface area contributed by atoms with Gasteiger partial charge in [-0.05, 0) is 42.2 Å². The fourth-order valence-electron chi connectivity index (χ4n) is 6.95. The van der Waals surface area contributed by atoms with Gasteiger partial charge in [-0.2, -0.15) is 12.6 Å². The third kappa shape index (κ3) is 18.0. The predicted molar refractivity (Wildman–Crippen MR) is 257 cm³/mol. The summed E-state index contributed by atoms with van der Waals surface area (Å²) in [6, 6.07) is -3.60. The molecule has 23 nitrogen and oxygen atoms in total. The Kier molecular flexibility index (Phi) is 23.6. The molecule has 0 aliphatic heterocycles. The van der Waals surface area contributed by atoms with Crippen LogP contribution in [0.15, 0.2) is 30.5 Å². The number of fused-ring (bicyclic) bond motifs is 1. The van der Waals surface area contributed by atoms with Crippen LogP contribution in [0, 0.1) is 23.7 Å². The van der Waals surface area contributed by atoms with Crippen LogP contribution in [0.2, 0.25) is 0 Å². The molecule has 69 heavy (non-hydrogen) atoms. The van der Waals surface area contributed by atoms with E-state index in [1.54, 1.807) is 85.9 Å². The summed E-state index contributed by atoms with van der Waals surface area (Å²) in [6.45, 7) is 13.5. The molecule has 0 fully saturated rings. The Balaban J connectivity index is 2.31. The maximum Gasteiger partial charge on any atom is 0.326 e. The summed E-state index contributed by atoms with van der Waals surface area (Å²) in [5, 5.41) is 40.8. The summed E-state index contributed by atoms with van der Waals surface area (Å²) in [5.74, 6) is -11.3. The van der Waals surface area contributed by atoms with Crippen LogP contribution in [0.5, 0.6) is 0 Å². The van der Waals surface area contributed by atoms with E-state index in [4.69, 9.17) is 11.5 Å². The Morgan fingerprint density at radius 2 is 1.13 bits per heavy atom. The lowest BCUT2D eigenvalue weighted by atomic mass is 9.97. The number of aromatic amines is 1. The van der Waals surface area contributed by atoms with Crippen LogP contribution < -0.4 is 54.0 Å². The largest absolute Gasteiger partial charge is 0.480 e. The number of aromatic nitrogens is 1. The molecule has 15 N–H and O–H groups in total. The van der Waals surface area contributed by atoms with E-state index in [0.717, 1.165) is 10.9 Å². The predicted octanol–water partition coefficient (Wildman–Crippen LogP) is -2.17. The minimum atomic E-state index is -1.64. The van der Waals surface area contributed by atoms with Crippen LogP contribution in [-0.2, 0) is 54.4 Å². The normalized spacial score (nSPS) is 15.8. The summed E-state index contributed by atoms with van der Waals surface area (Å²) in [5.41, 5.74) is 12.4. The van der Waals surface area contributed by atoms with Crippen LogP contribution in [0.3, 0.4) is 0 Å². The van der Waals surface area contributed by atoms with Crippen LogP contribution in [-0.4, -0.2) is 141 Å². The highest BCUT2D eigenvalue weighted by atomic mass is 32.1. The smallest absolute Gasteiger partial charge is 0.326 e. The standard InChI is InChI=1S/C45H71N11O12S/c1-10-23(8)36(55-38(60)27(46)19-69)43(65)51-30(16-31(47)58)39(61)49-18-32(59)52-33(20(2)3)42(64)53-34(21(4)5)41(63)50-29(15-25-17-48-28-14-12-11-13-26(25)28)40(62)56-37(24(9)57)44(66)54-35(22(6)7)45(67)68/h11-14,17,20-24,27,29-30,33-37,48,57,69H,10,15-16,18-19,46H2,1-9H3,(H2,47,58)(H,49,61)(H,50,63)(H,51,65)(H,52,59)(H,53,64)(H,54,66)(H,55,60)(H,56,62)(H,67,68)/t23-,24+,27-,29-,30-,33-,34-,35-,36-,37-/m0/s1. The van der Waals surface area contributed by atoms with Crippen molar-refractivity contribution in [2.45, 2.75) is 136 Å². The van der Waals surface area contributed by atoms with E-state index in [0.29, 0.717) is 12.0 Å². The lowest BCUT2D eigenvalue weighted by Gasteiger charge is -2.29. The molecule has 0 aliphatic carbocycles. The second-order valence-corrected chi connectivity index (χ2v) is 18.4. The van der Waals surface area contributed by atoms with Gasteiger partial charge in [0.1, 0.15) is 42.3 Å². The summed E-state index contributed by atoms with van der Waals surface area (Å²) in [6.07, 6.45) is -0.245. The average molecular weight is 990 g/mol. The van der Waals surface area contributed by atoms with Crippen LogP contribution in [0.25, 0.3) is 10.9 Å². The third-order valence-electron chi connectivity index (χ3n) is 11.3. The lowest BCUT2D eigenvalue weighted by molar-refractivity contribution is -0.144. The van der Waals surface area contributed by atoms with Crippen molar-refractivity contribution in [3.8, 4) is 0 Å². The number of nitrogens with two attached hydrogens (primary N) is 2. The van der Waals surface area contributed by atoms with Crippen molar-refractivity contribution in [1.82, 2.24) is 47.5 Å². The molecule has 2 rings (SSSR count). The first-order chi connectivity index (χ1) is 32.2. The van der Waals surface area contributed by atoms with Crippen molar-refractivity contribution in [3.63, 3.8) is 0 Å². The molecule has 0 spiro atoms. The quantitative estimate of drug-likeness (QED) is 0.0405. The number of H-pyrrole nitrogens is 1. The average Bonchev–Trinajstić information content (AvgIpc) is 3.69. The maximum absolute atomic E-state index is 14.1. The highest BCUT2D eigenvalue weighted by Gasteiger charge is 2.37. The number of amides is 9. The number of aliphatic carboxylic acids is 1. The van der Waals surface area contributed by atoms with Crippen molar-refractivity contribution in [2.75, 3.05) is 12.3 Å². The molecule has 1 aromatic heterocycles. The number of thiol groups is 1. The number of hydrogen-bond acceptors (Lipinski definition) is 13. The molecule has 1 heterocycles. The number of carboxylic acids is 1. The summed E-state index contributed by atoms with van der Waals surface area (Å²) in [4.78, 5) is 135. The van der Waals surface area contributed by atoms with Crippen molar-refractivity contribution in [1.29, 1.82) is 0 Å². The van der Waals surface area contributed by atoms with Gasteiger partial charge in [0, 0.05) is 29.3 Å². The number of benzene rings is 1. The van der Waals surface area contributed by atoms with Gasteiger partial charge in [0.05, 0.1) is 25.1 Å². The molecule has 0 unspecified atom stereocenters. The SMILES string of the molecule is CC[C@H](C)[C@H](NC(=O)[C@@H](N)CS)C(=O)N[C@@H](CC(N)=O)C(=O)NCC(=O)N[C@H](C(=O)N[C@H](C(=O)N[C@@H](Cc1c[nH]c2ccccc12)C(=O)N[C@H](C(=O)N[C@H](C(=O)O)C(C)C)[C@@H](C)O)C(C)C)C(C)C. The number of nitrogens with one attached hydrogen (secondary N) is 9. The molecule has 0 saturated heterocycles. The first-order valence-electron chi connectivity index (χ1n) is 22.7. The molecular formula is C45H71N11O12S. The molecule has 10 atom stereocenters. The number of aliphatic hydroxyl groups is 1. The van der Waals surface area contributed by atoms with Gasteiger partial charge in [-0.25, -0.2) is 4.79 Å². The highest BCUT2D eigenvalue weighted by Crippen LogP contribution is 2.20. The number of rotatable bonds is 28. The van der Waals surface area contributed by atoms with E-state index < -0.39 is 150 Å². The van der Waals surface area contributed by atoms with E-state index in [9.17, 15) is 58.2 Å². The van der Waals surface area contributed by atoms with Gasteiger partial charge >= 0.3 is 5.97 Å². The molecule has 1 aromatic carbocycles. The number of carboxylic acid groups (broad SMARTS) is 1. The van der Waals surface area contributed by atoms with Crippen molar-refractivity contribution < 1.29 is 58.2 Å². The van der Waals surface area contributed by atoms with Gasteiger partial charge < -0.3 is 69.2 Å². The monoisotopic (exact) mass is 990 g/mol. The topological polar surface area (TPSA) is 375 Å². The second-order valence-electron chi connectivity index (χ2n) is 18.0. The minimum absolute atomic E-state index is 0.00804. The zero-order valence-electron chi connectivity index (χ0n) is 40.5. The number of para-hydroxylation sites is 1. The van der Waals surface area contributed by atoms with Crippen molar-refractivity contribution >= 4 is 82.7 Å². The zero-order valence-corrected chi connectivity index (χ0v) is 41.4. The number of hydrogen-bond donors (Lipinski definition) is 14. The third-order valence-corrected chi connectivity index (χ3v) is 11.7. The number of aliphatic hydroxyl groups excluding tert-OH is 1. The molecule has 24 heteroatoms. The Morgan fingerprint density at radius 3 is 1.67 bits per heavy atom. The Labute approximate surface area is 406 Å². The fourth-order valence-corrected chi connectivity index (χ4v) is 7.12.